The molecule has 0 saturated heterocycles. The molecule has 11 heteroatoms. The SMILES string of the molecule is C[C@H](OC(=O)c1ccc(C#N)cc1)C(=O)Nc1ccc([N+](=O)[O-])cc1C(F)(F)F. The average molecular weight is 407 g/mol. The van der Waals surface area contributed by atoms with Gasteiger partial charge in [0.15, 0.2) is 6.10 Å². The lowest BCUT2D eigenvalue weighted by molar-refractivity contribution is -0.385. The van der Waals surface area contributed by atoms with Gasteiger partial charge in [-0.15, -0.1) is 0 Å². The fraction of sp³-hybridized carbons (Fsp3) is 0.167. The number of nitrogens with one attached hydrogen (secondary N) is 1. The summed E-state index contributed by atoms with van der Waals surface area (Å²) < 4.78 is 44.4. The number of nitrogens with zero attached hydrogens (tertiary/aromatic N) is 2. The molecule has 0 spiro atoms. The number of nitro benzene ring substituents is 1. The number of carbonyl (C=O) groups excluding carboxylic acids is 2. The summed E-state index contributed by atoms with van der Waals surface area (Å²) in [6, 6.07) is 9.00. The van der Waals surface area contributed by atoms with E-state index >= 15 is 0 Å². The van der Waals surface area contributed by atoms with Gasteiger partial charge in [0.1, 0.15) is 0 Å². The lowest BCUT2D eigenvalue weighted by Crippen LogP contribution is -2.30. The van der Waals surface area contributed by atoms with Gasteiger partial charge in [-0.25, -0.2) is 4.79 Å². The molecule has 0 aromatic heterocycles. The first kappa shape index (κ1) is 21.4. The Morgan fingerprint density at radius 2 is 1.83 bits per heavy atom. The summed E-state index contributed by atoms with van der Waals surface area (Å²) >= 11 is 0. The number of non-ortho nitro benzene ring substituents is 1. The summed E-state index contributed by atoms with van der Waals surface area (Å²) in [6.07, 6.45) is -6.42. The van der Waals surface area contributed by atoms with E-state index in [0.29, 0.717) is 11.6 Å². The Bertz CT molecular complexity index is 997. The van der Waals surface area contributed by atoms with Crippen molar-refractivity contribution >= 4 is 23.3 Å². The van der Waals surface area contributed by atoms with E-state index in [2.05, 4.69) is 0 Å². The van der Waals surface area contributed by atoms with Crippen LogP contribution in [0.4, 0.5) is 24.5 Å². The largest absolute Gasteiger partial charge is 0.449 e. The summed E-state index contributed by atoms with van der Waals surface area (Å²) in [5.74, 6) is -1.98. The van der Waals surface area contributed by atoms with Gasteiger partial charge in [-0.2, -0.15) is 18.4 Å². The molecular formula is C18H12F3N3O5. The minimum atomic E-state index is -4.96. The first-order valence-electron chi connectivity index (χ1n) is 7.90. The van der Waals surface area contributed by atoms with Crippen LogP contribution in [0.25, 0.3) is 0 Å². The quantitative estimate of drug-likeness (QED) is 0.458. The minimum Gasteiger partial charge on any atom is -0.449 e. The van der Waals surface area contributed by atoms with Gasteiger partial charge in [-0.05, 0) is 37.3 Å². The number of halogens is 3. The third-order valence-electron chi connectivity index (χ3n) is 3.68. The number of benzene rings is 2. The Hall–Kier alpha value is -3.94. The Balaban J connectivity index is 2.15. The molecule has 1 atom stereocenters. The van der Waals surface area contributed by atoms with Crippen LogP contribution >= 0.6 is 0 Å². The predicted molar refractivity (Wildman–Crippen MR) is 92.8 cm³/mol. The second-order valence-corrected chi connectivity index (χ2v) is 5.71. The number of ether oxygens (including phenoxy) is 1. The summed E-state index contributed by atoms with van der Waals surface area (Å²) in [7, 11) is 0. The van der Waals surface area contributed by atoms with Crippen molar-refractivity contribution in [2.45, 2.75) is 19.2 Å². The molecule has 0 aliphatic rings. The monoisotopic (exact) mass is 407 g/mol. The van der Waals surface area contributed by atoms with E-state index in [1.807, 2.05) is 11.4 Å². The molecule has 0 saturated carbocycles. The number of anilines is 1. The van der Waals surface area contributed by atoms with Gasteiger partial charge in [-0.3, -0.25) is 14.9 Å². The van der Waals surface area contributed by atoms with E-state index in [0.717, 1.165) is 19.1 Å². The predicted octanol–water partition coefficient (Wildman–Crippen LogP) is 3.67. The molecule has 0 radical (unpaired) electrons. The van der Waals surface area contributed by atoms with Crippen LogP contribution in [-0.2, 0) is 15.7 Å². The first-order chi connectivity index (χ1) is 13.5. The van der Waals surface area contributed by atoms with Gasteiger partial charge in [0.05, 0.1) is 33.4 Å². The Labute approximate surface area is 161 Å². The van der Waals surface area contributed by atoms with Crippen molar-refractivity contribution in [2.24, 2.45) is 0 Å². The zero-order valence-electron chi connectivity index (χ0n) is 14.7. The fourth-order valence-corrected chi connectivity index (χ4v) is 2.19. The van der Waals surface area contributed by atoms with Gasteiger partial charge in [0, 0.05) is 12.1 Å². The second-order valence-electron chi connectivity index (χ2n) is 5.71. The highest BCUT2D eigenvalue weighted by atomic mass is 19.4. The van der Waals surface area contributed by atoms with Crippen LogP contribution in [-0.4, -0.2) is 22.9 Å². The molecule has 0 aliphatic carbocycles. The summed E-state index contributed by atoms with van der Waals surface area (Å²) in [5, 5.41) is 21.4. The normalized spacial score (nSPS) is 11.8. The number of carbonyl (C=O) groups is 2. The van der Waals surface area contributed by atoms with Crippen molar-refractivity contribution in [2.75, 3.05) is 5.32 Å². The number of amides is 1. The van der Waals surface area contributed by atoms with E-state index in [9.17, 15) is 32.9 Å². The first-order valence-corrected chi connectivity index (χ1v) is 7.90. The third kappa shape index (κ3) is 5.29. The fourth-order valence-electron chi connectivity index (χ4n) is 2.19. The van der Waals surface area contributed by atoms with Crippen LogP contribution in [0, 0.1) is 21.4 Å². The minimum absolute atomic E-state index is 0.0370. The molecule has 2 aromatic carbocycles. The van der Waals surface area contributed by atoms with Crippen LogP contribution in [0.1, 0.15) is 28.4 Å². The maximum Gasteiger partial charge on any atom is 0.418 e. The van der Waals surface area contributed by atoms with Crippen LogP contribution in [0.15, 0.2) is 42.5 Å². The van der Waals surface area contributed by atoms with Crippen molar-refractivity contribution in [1.29, 1.82) is 5.26 Å². The molecule has 1 N–H and O–H groups in total. The average Bonchev–Trinajstić information content (AvgIpc) is 2.67. The number of nitro groups is 1. The van der Waals surface area contributed by atoms with Crippen LogP contribution < -0.4 is 5.32 Å². The number of hydrogen-bond acceptors (Lipinski definition) is 6. The Morgan fingerprint density at radius 1 is 1.21 bits per heavy atom. The number of alkyl halides is 3. The van der Waals surface area contributed by atoms with E-state index in [1.54, 1.807) is 0 Å². The molecule has 0 unspecified atom stereocenters. The molecule has 0 bridgehead atoms. The van der Waals surface area contributed by atoms with Crippen molar-refractivity contribution in [3.8, 4) is 6.07 Å². The Morgan fingerprint density at radius 3 is 2.34 bits per heavy atom. The molecule has 2 aromatic rings. The number of hydrogen-bond donors (Lipinski definition) is 1. The summed E-state index contributed by atoms with van der Waals surface area (Å²) in [5.41, 5.74) is -2.59. The van der Waals surface area contributed by atoms with Crippen LogP contribution in [0.2, 0.25) is 0 Å². The molecule has 0 fully saturated rings. The van der Waals surface area contributed by atoms with Gasteiger partial charge in [-0.1, -0.05) is 0 Å². The maximum absolute atomic E-state index is 13.2. The van der Waals surface area contributed by atoms with Gasteiger partial charge >= 0.3 is 12.1 Å². The van der Waals surface area contributed by atoms with Crippen LogP contribution in [0.3, 0.4) is 0 Å². The number of esters is 1. The topological polar surface area (TPSA) is 122 Å². The van der Waals surface area contributed by atoms with Gasteiger partial charge < -0.3 is 10.1 Å². The molecule has 1 amide bonds. The number of rotatable bonds is 5. The van der Waals surface area contributed by atoms with Crippen molar-refractivity contribution < 1.29 is 32.4 Å². The maximum atomic E-state index is 13.2. The molecular weight excluding hydrogens is 395 g/mol. The molecule has 8 nitrogen and oxygen atoms in total. The highest BCUT2D eigenvalue weighted by molar-refractivity contribution is 5.98. The van der Waals surface area contributed by atoms with Crippen molar-refractivity contribution in [1.82, 2.24) is 0 Å². The zero-order chi connectivity index (χ0) is 21.8. The molecule has 150 valence electrons. The standard InChI is InChI=1S/C18H12F3N3O5/c1-10(29-17(26)12-4-2-11(9-22)3-5-12)16(25)23-15-7-6-13(24(27)28)8-14(15)18(19,20)21/h2-8,10H,1H3,(H,23,25)/t10-/m0/s1. The zero-order valence-corrected chi connectivity index (χ0v) is 14.7. The molecule has 2 rings (SSSR count). The van der Waals surface area contributed by atoms with Gasteiger partial charge in [0.2, 0.25) is 0 Å². The smallest absolute Gasteiger partial charge is 0.418 e. The second kappa shape index (κ2) is 8.39. The third-order valence-corrected chi connectivity index (χ3v) is 3.68. The molecule has 0 aliphatic heterocycles. The molecule has 29 heavy (non-hydrogen) atoms. The Kier molecular flexibility index (Phi) is 6.18. The van der Waals surface area contributed by atoms with E-state index in [-0.39, 0.29) is 5.56 Å². The summed E-state index contributed by atoms with van der Waals surface area (Å²) in [6.45, 7) is 1.15. The van der Waals surface area contributed by atoms with Crippen molar-refractivity contribution in [3.05, 3.63) is 69.3 Å². The van der Waals surface area contributed by atoms with E-state index in [4.69, 9.17) is 10.00 Å². The highest BCUT2D eigenvalue weighted by Crippen LogP contribution is 2.37. The summed E-state index contributed by atoms with van der Waals surface area (Å²) in [4.78, 5) is 33.9. The van der Waals surface area contributed by atoms with E-state index in [1.165, 1.54) is 24.3 Å². The van der Waals surface area contributed by atoms with Gasteiger partial charge in [0.25, 0.3) is 11.6 Å². The number of nitriles is 1. The molecule has 0 heterocycles. The highest BCUT2D eigenvalue weighted by Gasteiger charge is 2.36. The van der Waals surface area contributed by atoms with Crippen LogP contribution in [0.5, 0.6) is 0 Å². The van der Waals surface area contributed by atoms with Crippen molar-refractivity contribution in [3.63, 3.8) is 0 Å². The lowest BCUT2D eigenvalue weighted by Gasteiger charge is -2.17. The lowest BCUT2D eigenvalue weighted by atomic mass is 10.1. The van der Waals surface area contributed by atoms with E-state index < -0.39 is 46.0 Å².